The summed E-state index contributed by atoms with van der Waals surface area (Å²) in [6.45, 7) is 4.05. The smallest absolute Gasteiger partial charge is 0.374 e. The van der Waals surface area contributed by atoms with Crippen LogP contribution in [0, 0.1) is 0 Å². The molecule has 0 aliphatic rings. The number of aromatic nitrogens is 1. The van der Waals surface area contributed by atoms with Crippen LogP contribution < -0.4 is 5.32 Å². The highest BCUT2D eigenvalue weighted by molar-refractivity contribution is 7.99. The lowest BCUT2D eigenvalue weighted by atomic mass is 10.3. The van der Waals surface area contributed by atoms with Gasteiger partial charge in [-0.2, -0.15) is 11.8 Å². The molecular formula is C10H12N2O4S. The molecule has 1 amide bonds. The summed E-state index contributed by atoms with van der Waals surface area (Å²) in [6, 6.07) is 1.09. The van der Waals surface area contributed by atoms with E-state index in [1.165, 1.54) is 0 Å². The summed E-state index contributed by atoms with van der Waals surface area (Å²) in [6.07, 6.45) is 1.78. The Morgan fingerprint density at radius 1 is 1.65 bits per heavy atom. The largest absolute Gasteiger partial charge is 0.475 e. The van der Waals surface area contributed by atoms with E-state index in [-0.39, 0.29) is 11.5 Å². The van der Waals surface area contributed by atoms with Crippen LogP contribution in [-0.4, -0.2) is 40.2 Å². The predicted octanol–water partition coefficient (Wildman–Crippen LogP) is 1.02. The predicted molar refractivity (Wildman–Crippen MR) is 63.3 cm³/mol. The summed E-state index contributed by atoms with van der Waals surface area (Å²) in [5.74, 6) is -0.473. The van der Waals surface area contributed by atoms with Crippen molar-refractivity contribution in [3.05, 3.63) is 30.2 Å². The van der Waals surface area contributed by atoms with E-state index in [2.05, 4.69) is 21.6 Å². The Bertz CT molecular complexity index is 416. The van der Waals surface area contributed by atoms with Gasteiger partial charge in [0.15, 0.2) is 5.69 Å². The molecule has 0 bridgehead atoms. The Morgan fingerprint density at radius 3 is 3.00 bits per heavy atom. The van der Waals surface area contributed by atoms with Crippen LogP contribution in [0.4, 0.5) is 0 Å². The molecule has 0 saturated heterocycles. The minimum atomic E-state index is -1.25. The van der Waals surface area contributed by atoms with Gasteiger partial charge in [-0.3, -0.25) is 4.79 Å². The van der Waals surface area contributed by atoms with Gasteiger partial charge in [0.1, 0.15) is 0 Å². The summed E-state index contributed by atoms with van der Waals surface area (Å²) in [7, 11) is 0. The van der Waals surface area contributed by atoms with Crippen LogP contribution in [0.5, 0.6) is 0 Å². The molecule has 0 aliphatic heterocycles. The fraction of sp³-hybridized carbons (Fsp3) is 0.300. The van der Waals surface area contributed by atoms with Crippen molar-refractivity contribution in [3.8, 4) is 0 Å². The Labute approximate surface area is 102 Å². The van der Waals surface area contributed by atoms with Crippen LogP contribution >= 0.6 is 11.8 Å². The number of hydrogen-bond donors (Lipinski definition) is 2. The first kappa shape index (κ1) is 13.3. The van der Waals surface area contributed by atoms with E-state index in [4.69, 9.17) is 5.11 Å². The van der Waals surface area contributed by atoms with Crippen LogP contribution in [0.25, 0.3) is 0 Å². The number of carbonyl (C=O) groups excluding carboxylic acids is 1. The van der Waals surface area contributed by atoms with Crippen molar-refractivity contribution in [2.24, 2.45) is 0 Å². The number of aromatic carboxylic acids is 1. The average molecular weight is 256 g/mol. The number of nitrogens with zero attached hydrogens (tertiary/aromatic N) is 1. The summed E-state index contributed by atoms with van der Waals surface area (Å²) >= 11 is 1.63. The molecule has 17 heavy (non-hydrogen) atoms. The molecule has 7 heteroatoms. The topological polar surface area (TPSA) is 92.4 Å². The number of carboxylic acids is 1. The summed E-state index contributed by atoms with van der Waals surface area (Å²) in [5.41, 5.74) is -0.0314. The first-order valence-electron chi connectivity index (χ1n) is 4.82. The van der Waals surface area contributed by atoms with Crippen molar-refractivity contribution in [2.45, 2.75) is 0 Å². The second kappa shape index (κ2) is 6.74. The number of hydrogen-bond acceptors (Lipinski definition) is 5. The lowest BCUT2D eigenvalue weighted by Gasteiger charge is -2.00. The van der Waals surface area contributed by atoms with Gasteiger partial charge in [0.2, 0.25) is 5.76 Å². The molecule has 0 radical (unpaired) electrons. The monoisotopic (exact) mass is 256 g/mol. The Kier molecular flexibility index (Phi) is 5.28. The van der Waals surface area contributed by atoms with Crippen LogP contribution in [0.1, 0.15) is 21.0 Å². The normalized spacial score (nSPS) is 9.88. The number of thioether (sulfide) groups is 1. The van der Waals surface area contributed by atoms with E-state index in [0.29, 0.717) is 6.54 Å². The number of rotatable bonds is 7. The Balaban J connectivity index is 2.36. The lowest BCUT2D eigenvalue weighted by molar-refractivity contribution is 0.0651. The maximum Gasteiger partial charge on any atom is 0.374 e. The molecule has 0 aromatic carbocycles. The van der Waals surface area contributed by atoms with Gasteiger partial charge in [-0.25, -0.2) is 4.79 Å². The van der Waals surface area contributed by atoms with Gasteiger partial charge in [-0.15, -0.1) is 6.58 Å². The first-order valence-corrected chi connectivity index (χ1v) is 5.97. The zero-order chi connectivity index (χ0) is 12.7. The molecule has 2 N–H and O–H groups in total. The molecule has 0 aliphatic carbocycles. The molecule has 1 aromatic heterocycles. The number of nitrogens with one attached hydrogen (secondary N) is 1. The third-order valence-corrected chi connectivity index (χ3v) is 2.69. The zero-order valence-corrected chi connectivity index (χ0v) is 9.83. The molecule has 92 valence electrons. The minimum Gasteiger partial charge on any atom is -0.475 e. The van der Waals surface area contributed by atoms with Crippen molar-refractivity contribution in [1.29, 1.82) is 0 Å². The van der Waals surface area contributed by atoms with Crippen molar-refractivity contribution in [2.75, 3.05) is 18.1 Å². The Morgan fingerprint density at radius 2 is 2.41 bits per heavy atom. The van der Waals surface area contributed by atoms with Crippen LogP contribution in [0.15, 0.2) is 23.2 Å². The summed E-state index contributed by atoms with van der Waals surface area (Å²) < 4.78 is 4.46. The molecular weight excluding hydrogens is 244 g/mol. The van der Waals surface area contributed by atoms with Crippen LogP contribution in [0.2, 0.25) is 0 Å². The van der Waals surface area contributed by atoms with E-state index >= 15 is 0 Å². The van der Waals surface area contributed by atoms with E-state index < -0.39 is 11.9 Å². The zero-order valence-electron chi connectivity index (χ0n) is 9.01. The molecule has 0 unspecified atom stereocenters. The van der Waals surface area contributed by atoms with Gasteiger partial charge in [-0.05, 0) is 0 Å². The SMILES string of the molecule is C=CCSCCNC(=O)c1cc(C(=O)O)on1. The Hall–Kier alpha value is -1.76. The number of carboxylic acid groups (broad SMARTS) is 1. The second-order valence-electron chi connectivity index (χ2n) is 3.00. The fourth-order valence-electron chi connectivity index (χ4n) is 0.977. The third-order valence-electron chi connectivity index (χ3n) is 1.72. The highest BCUT2D eigenvalue weighted by Crippen LogP contribution is 2.03. The molecule has 1 aromatic rings. The van der Waals surface area contributed by atoms with Crippen molar-refractivity contribution >= 4 is 23.6 Å². The number of amides is 1. The molecule has 0 spiro atoms. The molecule has 0 fully saturated rings. The van der Waals surface area contributed by atoms with Crippen LogP contribution in [0.3, 0.4) is 0 Å². The standard InChI is InChI=1S/C10H12N2O4S/c1-2-4-17-5-3-11-9(13)7-6-8(10(14)15)16-12-7/h2,6H,1,3-5H2,(H,11,13)(H,14,15). The van der Waals surface area contributed by atoms with Gasteiger partial charge in [-0.1, -0.05) is 11.2 Å². The highest BCUT2D eigenvalue weighted by atomic mass is 32.2. The first-order chi connectivity index (χ1) is 8.15. The van der Waals surface area contributed by atoms with Gasteiger partial charge >= 0.3 is 5.97 Å². The van der Waals surface area contributed by atoms with Crippen molar-refractivity contribution in [1.82, 2.24) is 10.5 Å². The fourth-order valence-corrected chi connectivity index (χ4v) is 1.56. The maximum absolute atomic E-state index is 11.5. The van der Waals surface area contributed by atoms with Crippen LogP contribution in [-0.2, 0) is 0 Å². The van der Waals surface area contributed by atoms with Gasteiger partial charge in [0.25, 0.3) is 5.91 Å². The quantitative estimate of drug-likeness (QED) is 0.559. The third kappa shape index (κ3) is 4.31. The van der Waals surface area contributed by atoms with E-state index in [9.17, 15) is 9.59 Å². The summed E-state index contributed by atoms with van der Waals surface area (Å²) in [4.78, 5) is 21.9. The van der Waals surface area contributed by atoms with Gasteiger partial charge < -0.3 is 14.9 Å². The van der Waals surface area contributed by atoms with E-state index in [1.54, 1.807) is 17.8 Å². The number of carbonyl (C=O) groups is 2. The van der Waals surface area contributed by atoms with Gasteiger partial charge in [0.05, 0.1) is 0 Å². The molecule has 1 heterocycles. The highest BCUT2D eigenvalue weighted by Gasteiger charge is 2.15. The van der Waals surface area contributed by atoms with E-state index in [1.807, 2.05) is 0 Å². The molecule has 0 atom stereocenters. The van der Waals surface area contributed by atoms with Crippen molar-refractivity contribution < 1.29 is 19.2 Å². The molecule has 1 rings (SSSR count). The summed E-state index contributed by atoms with van der Waals surface area (Å²) in [5, 5.41) is 14.5. The van der Waals surface area contributed by atoms with Gasteiger partial charge in [0, 0.05) is 24.1 Å². The average Bonchev–Trinajstić information content (AvgIpc) is 2.78. The van der Waals surface area contributed by atoms with Crippen molar-refractivity contribution in [3.63, 3.8) is 0 Å². The molecule has 0 saturated carbocycles. The second-order valence-corrected chi connectivity index (χ2v) is 4.15. The van der Waals surface area contributed by atoms with E-state index in [0.717, 1.165) is 17.6 Å². The maximum atomic E-state index is 11.5. The molecule has 6 nitrogen and oxygen atoms in total. The minimum absolute atomic E-state index is 0.0314. The lowest BCUT2D eigenvalue weighted by Crippen LogP contribution is -2.26.